The average molecular weight is 141 g/mol. The predicted octanol–water partition coefficient (Wildman–Crippen LogP) is 1.41. The molecule has 0 bridgehead atoms. The van der Waals surface area contributed by atoms with Gasteiger partial charge < -0.3 is 5.32 Å². The molecule has 1 N–H and O–H groups in total. The fourth-order valence-corrected chi connectivity index (χ4v) is 0.754. The summed E-state index contributed by atoms with van der Waals surface area (Å²) in [5.74, 6) is 0.711. The molecule has 0 unspecified atom stereocenters. The Kier molecular flexibility index (Phi) is 2.04. The molecule has 10 heavy (non-hydrogen) atoms. The molecule has 0 radical (unpaired) electrons. The molecule has 0 aromatic rings. The van der Waals surface area contributed by atoms with Gasteiger partial charge in [-0.2, -0.15) is 10.2 Å². The van der Waals surface area contributed by atoms with Crippen LogP contribution in [0, 0.1) is 5.92 Å². The Bertz CT molecular complexity index is 134. The molecule has 3 heteroatoms. The van der Waals surface area contributed by atoms with Gasteiger partial charge in [-0.15, -0.1) is 0 Å². The van der Waals surface area contributed by atoms with Crippen molar-refractivity contribution in [3.8, 4) is 0 Å². The molecule has 0 fully saturated rings. The molecule has 0 atom stereocenters. The third-order valence-corrected chi connectivity index (χ3v) is 1.45. The first-order chi connectivity index (χ1) is 4.62. The number of rotatable bonds is 4. The lowest BCUT2D eigenvalue weighted by Gasteiger charge is -2.07. The summed E-state index contributed by atoms with van der Waals surface area (Å²) >= 11 is 0. The summed E-state index contributed by atoms with van der Waals surface area (Å²) in [6.45, 7) is 8.36. The van der Waals surface area contributed by atoms with E-state index in [2.05, 4.69) is 29.4 Å². The Morgan fingerprint density at radius 3 is 2.40 bits per heavy atom. The van der Waals surface area contributed by atoms with E-state index in [0.29, 0.717) is 5.92 Å². The highest BCUT2D eigenvalue weighted by molar-refractivity contribution is 4.90. The van der Waals surface area contributed by atoms with Gasteiger partial charge in [0.15, 0.2) is 5.66 Å². The van der Waals surface area contributed by atoms with Crippen molar-refractivity contribution in [1.82, 2.24) is 5.32 Å². The van der Waals surface area contributed by atoms with E-state index in [1.165, 1.54) is 0 Å². The van der Waals surface area contributed by atoms with Gasteiger partial charge in [0.1, 0.15) is 0 Å². The fraction of sp³-hybridized carbons (Fsp3) is 1.00. The molecule has 0 saturated heterocycles. The highest BCUT2D eigenvalue weighted by Crippen LogP contribution is 2.25. The molecular weight excluding hydrogens is 126 g/mol. The molecule has 58 valence electrons. The van der Waals surface area contributed by atoms with Crippen LogP contribution in [0.4, 0.5) is 0 Å². The summed E-state index contributed by atoms with van der Waals surface area (Å²) in [5, 5.41) is 11.1. The minimum atomic E-state index is -0.0745. The maximum atomic E-state index is 3.89. The van der Waals surface area contributed by atoms with Crippen LogP contribution in [-0.4, -0.2) is 18.8 Å². The van der Waals surface area contributed by atoms with Gasteiger partial charge in [0.25, 0.3) is 0 Å². The van der Waals surface area contributed by atoms with Crippen LogP contribution in [0.2, 0.25) is 0 Å². The van der Waals surface area contributed by atoms with Crippen molar-refractivity contribution in [2.24, 2.45) is 16.1 Å². The highest BCUT2D eigenvalue weighted by atomic mass is 15.4. The summed E-state index contributed by atoms with van der Waals surface area (Å²) in [6, 6.07) is 0. The minimum Gasteiger partial charge on any atom is -0.312 e. The molecule has 1 heterocycles. The number of hydrogen-bond donors (Lipinski definition) is 1. The van der Waals surface area contributed by atoms with Gasteiger partial charge in [-0.25, -0.2) is 0 Å². The smallest absolute Gasteiger partial charge is 0.200 e. The van der Waals surface area contributed by atoms with Gasteiger partial charge in [0, 0.05) is 6.54 Å². The van der Waals surface area contributed by atoms with Crippen LogP contribution in [0.5, 0.6) is 0 Å². The molecule has 0 aromatic carbocycles. The molecule has 3 nitrogen and oxygen atoms in total. The molecule has 1 aliphatic heterocycles. The zero-order valence-corrected chi connectivity index (χ0v) is 6.89. The Labute approximate surface area is 61.9 Å². The van der Waals surface area contributed by atoms with Crippen LogP contribution >= 0.6 is 0 Å². The first kappa shape index (κ1) is 7.66. The number of hydrogen-bond acceptors (Lipinski definition) is 3. The number of nitrogens with zero attached hydrogens (tertiary/aromatic N) is 2. The SMILES string of the molecule is CC(C)CNCC1(C)N=N1. The Morgan fingerprint density at radius 1 is 1.40 bits per heavy atom. The Hall–Kier alpha value is -0.440. The van der Waals surface area contributed by atoms with Crippen LogP contribution in [0.25, 0.3) is 0 Å². The van der Waals surface area contributed by atoms with Gasteiger partial charge in [-0.05, 0) is 19.4 Å². The summed E-state index contributed by atoms with van der Waals surface area (Å²) < 4.78 is 0. The average Bonchev–Trinajstić information content (AvgIpc) is 2.47. The van der Waals surface area contributed by atoms with E-state index >= 15 is 0 Å². The lowest BCUT2D eigenvalue weighted by molar-refractivity contribution is 0.504. The topological polar surface area (TPSA) is 36.8 Å². The van der Waals surface area contributed by atoms with Crippen LogP contribution in [-0.2, 0) is 0 Å². The third kappa shape index (κ3) is 2.43. The Balaban J connectivity index is 1.96. The van der Waals surface area contributed by atoms with Gasteiger partial charge in [0.05, 0.1) is 0 Å². The molecule has 0 saturated carbocycles. The molecular formula is C7H15N3. The summed E-state index contributed by atoms with van der Waals surface area (Å²) in [4.78, 5) is 0. The first-order valence-corrected chi connectivity index (χ1v) is 3.77. The summed E-state index contributed by atoms with van der Waals surface area (Å²) in [7, 11) is 0. The third-order valence-electron chi connectivity index (χ3n) is 1.45. The van der Waals surface area contributed by atoms with E-state index in [4.69, 9.17) is 0 Å². The van der Waals surface area contributed by atoms with Crippen molar-refractivity contribution in [3.05, 3.63) is 0 Å². The van der Waals surface area contributed by atoms with E-state index in [-0.39, 0.29) is 5.66 Å². The molecule has 0 aromatic heterocycles. The lowest BCUT2D eigenvalue weighted by atomic mass is 10.2. The predicted molar refractivity (Wildman–Crippen MR) is 41.0 cm³/mol. The fourth-order valence-electron chi connectivity index (χ4n) is 0.754. The summed E-state index contributed by atoms with van der Waals surface area (Å²) in [5.41, 5.74) is -0.0745. The van der Waals surface area contributed by atoms with Crippen LogP contribution in [0.3, 0.4) is 0 Å². The molecule has 0 spiro atoms. The monoisotopic (exact) mass is 141 g/mol. The van der Waals surface area contributed by atoms with E-state index in [0.717, 1.165) is 13.1 Å². The van der Waals surface area contributed by atoms with E-state index in [1.54, 1.807) is 0 Å². The second-order valence-corrected chi connectivity index (χ2v) is 3.44. The molecule has 1 aliphatic rings. The van der Waals surface area contributed by atoms with Crippen LogP contribution in [0.15, 0.2) is 10.2 Å². The van der Waals surface area contributed by atoms with Gasteiger partial charge in [-0.1, -0.05) is 13.8 Å². The van der Waals surface area contributed by atoms with Crippen molar-refractivity contribution in [2.75, 3.05) is 13.1 Å². The van der Waals surface area contributed by atoms with Crippen molar-refractivity contribution in [1.29, 1.82) is 0 Å². The van der Waals surface area contributed by atoms with Gasteiger partial charge in [0.2, 0.25) is 0 Å². The normalized spacial score (nSPS) is 20.0. The summed E-state index contributed by atoms with van der Waals surface area (Å²) in [6.07, 6.45) is 0. The van der Waals surface area contributed by atoms with E-state index in [9.17, 15) is 0 Å². The van der Waals surface area contributed by atoms with E-state index < -0.39 is 0 Å². The zero-order chi connectivity index (χ0) is 7.61. The second kappa shape index (κ2) is 2.66. The number of nitrogens with one attached hydrogen (secondary N) is 1. The van der Waals surface area contributed by atoms with E-state index in [1.807, 2.05) is 6.92 Å². The Morgan fingerprint density at radius 2 is 2.00 bits per heavy atom. The standard InChI is InChI=1S/C7H15N3/c1-6(2)4-8-5-7(3)9-10-7/h6,8H,4-5H2,1-3H3. The van der Waals surface area contributed by atoms with Crippen LogP contribution in [0.1, 0.15) is 20.8 Å². The van der Waals surface area contributed by atoms with Gasteiger partial charge >= 0.3 is 0 Å². The largest absolute Gasteiger partial charge is 0.312 e. The van der Waals surface area contributed by atoms with Gasteiger partial charge in [-0.3, -0.25) is 0 Å². The van der Waals surface area contributed by atoms with Crippen molar-refractivity contribution >= 4 is 0 Å². The molecule has 0 amide bonds. The van der Waals surface area contributed by atoms with Crippen molar-refractivity contribution in [2.45, 2.75) is 26.4 Å². The van der Waals surface area contributed by atoms with Crippen molar-refractivity contribution < 1.29 is 0 Å². The maximum absolute atomic E-state index is 3.89. The zero-order valence-electron chi connectivity index (χ0n) is 6.89. The maximum Gasteiger partial charge on any atom is 0.200 e. The van der Waals surface area contributed by atoms with Crippen LogP contribution < -0.4 is 5.32 Å². The quantitative estimate of drug-likeness (QED) is 0.631. The minimum absolute atomic E-state index is 0.0745. The molecule has 0 aliphatic carbocycles. The first-order valence-electron chi connectivity index (χ1n) is 3.77. The van der Waals surface area contributed by atoms with Crippen molar-refractivity contribution in [3.63, 3.8) is 0 Å². The second-order valence-electron chi connectivity index (χ2n) is 3.44. The lowest BCUT2D eigenvalue weighted by Crippen LogP contribution is -2.29. The molecule has 1 rings (SSSR count). The highest BCUT2D eigenvalue weighted by Gasteiger charge is 2.32.